The van der Waals surface area contributed by atoms with Crippen LogP contribution < -0.4 is 11.0 Å². The predicted octanol–water partition coefficient (Wildman–Crippen LogP) is 3.47. The Morgan fingerprint density at radius 1 is 1.03 bits per heavy atom. The van der Waals surface area contributed by atoms with E-state index >= 15 is 0 Å². The van der Waals surface area contributed by atoms with Crippen molar-refractivity contribution in [3.63, 3.8) is 0 Å². The van der Waals surface area contributed by atoms with Crippen LogP contribution in [-0.2, 0) is 14.3 Å². The van der Waals surface area contributed by atoms with Crippen molar-refractivity contribution in [2.24, 2.45) is 5.92 Å². The lowest BCUT2D eigenvalue weighted by Crippen LogP contribution is -2.57. The number of rotatable bonds is 2. The van der Waals surface area contributed by atoms with E-state index in [1.165, 1.54) is 21.7 Å². The van der Waals surface area contributed by atoms with E-state index in [-0.39, 0.29) is 17.6 Å². The maximum absolute atomic E-state index is 12.8. The number of carbonyl (C=O) groups excluding carboxylic acids is 3. The highest BCUT2D eigenvalue weighted by molar-refractivity contribution is 5.93. The van der Waals surface area contributed by atoms with Crippen LogP contribution in [0.3, 0.4) is 0 Å². The molecule has 10 nitrogen and oxygen atoms in total. The van der Waals surface area contributed by atoms with Crippen LogP contribution >= 0.6 is 0 Å². The SMILES string of the molecule is CC(C)(C)OC(=O)Nc1ccn([C@@H]2CC[C@H]3CC(=O)N(C(=O)OC(C)(C)C)[C@@H]2C3)c(=O)n1. The van der Waals surface area contributed by atoms with Crippen LogP contribution in [0.25, 0.3) is 0 Å². The molecule has 1 saturated carbocycles. The molecule has 32 heavy (non-hydrogen) atoms. The fraction of sp³-hybridized carbons (Fsp3) is 0.682. The van der Waals surface area contributed by atoms with E-state index < -0.39 is 41.2 Å². The van der Waals surface area contributed by atoms with Crippen LogP contribution in [0, 0.1) is 5.92 Å². The molecule has 0 spiro atoms. The summed E-state index contributed by atoms with van der Waals surface area (Å²) in [6.07, 6.45) is 2.44. The van der Waals surface area contributed by atoms with Crippen molar-refractivity contribution in [3.8, 4) is 0 Å². The van der Waals surface area contributed by atoms with E-state index in [4.69, 9.17) is 9.47 Å². The third-order valence-electron chi connectivity index (χ3n) is 5.36. The molecule has 1 N–H and O–H groups in total. The molecular formula is C22H32N4O6. The van der Waals surface area contributed by atoms with E-state index in [1.807, 2.05) is 0 Å². The lowest BCUT2D eigenvalue weighted by atomic mass is 9.76. The Hall–Kier alpha value is -2.91. The number of anilines is 1. The van der Waals surface area contributed by atoms with Crippen LogP contribution in [0.2, 0.25) is 0 Å². The second-order valence-electron chi connectivity index (χ2n) is 10.4. The van der Waals surface area contributed by atoms with Gasteiger partial charge in [0.25, 0.3) is 0 Å². The summed E-state index contributed by atoms with van der Waals surface area (Å²) >= 11 is 0. The minimum atomic E-state index is -0.744. The third-order valence-corrected chi connectivity index (χ3v) is 5.36. The highest BCUT2D eigenvalue weighted by atomic mass is 16.6. The Kier molecular flexibility index (Phi) is 6.35. The van der Waals surface area contributed by atoms with Gasteiger partial charge in [0, 0.05) is 12.6 Å². The molecule has 3 amide bonds. The van der Waals surface area contributed by atoms with Crippen molar-refractivity contribution in [1.82, 2.24) is 14.5 Å². The standard InChI is InChI=1S/C22H32N4O6/c1-21(2,3)31-19(29)24-16-9-10-25(18(28)23-16)14-8-7-13-11-15(14)26(17(27)12-13)20(30)32-22(4,5)6/h9-10,13-15H,7-8,11-12H2,1-6H3,(H,23,24,28,29)/t13-,14-,15-/m1/s1. The molecule has 176 valence electrons. The maximum Gasteiger partial charge on any atom is 0.417 e. The van der Waals surface area contributed by atoms with Crippen molar-refractivity contribution >= 4 is 23.9 Å². The fourth-order valence-corrected chi connectivity index (χ4v) is 4.22. The van der Waals surface area contributed by atoms with Crippen LogP contribution in [0.5, 0.6) is 0 Å². The minimum absolute atomic E-state index is 0.0675. The Morgan fingerprint density at radius 3 is 2.28 bits per heavy atom. The molecule has 0 radical (unpaired) electrons. The van der Waals surface area contributed by atoms with Gasteiger partial charge in [-0.05, 0) is 72.8 Å². The normalized spacial score (nSPS) is 23.5. The second kappa shape index (κ2) is 8.55. The van der Waals surface area contributed by atoms with Gasteiger partial charge < -0.3 is 9.47 Å². The lowest BCUT2D eigenvalue weighted by Gasteiger charge is -2.46. The summed E-state index contributed by atoms with van der Waals surface area (Å²) in [7, 11) is 0. The first-order valence-electron chi connectivity index (χ1n) is 10.9. The number of imide groups is 1. The minimum Gasteiger partial charge on any atom is -0.444 e. The number of nitrogens with zero attached hydrogens (tertiary/aromatic N) is 3. The zero-order chi connectivity index (χ0) is 23.8. The quantitative estimate of drug-likeness (QED) is 0.735. The predicted molar refractivity (Wildman–Crippen MR) is 116 cm³/mol. The Labute approximate surface area is 187 Å². The number of piperidine rings is 1. The summed E-state index contributed by atoms with van der Waals surface area (Å²) in [5, 5.41) is 2.45. The number of hydrogen-bond acceptors (Lipinski definition) is 7. The Balaban J connectivity index is 1.83. The van der Waals surface area contributed by atoms with Crippen LogP contribution in [0.15, 0.2) is 17.1 Å². The average molecular weight is 449 g/mol. The molecule has 3 atom stereocenters. The molecule has 1 aromatic heterocycles. The summed E-state index contributed by atoms with van der Waals surface area (Å²) in [5.41, 5.74) is -2.01. The zero-order valence-electron chi connectivity index (χ0n) is 19.5. The van der Waals surface area contributed by atoms with Crippen molar-refractivity contribution in [3.05, 3.63) is 22.7 Å². The first kappa shape index (κ1) is 23.7. The van der Waals surface area contributed by atoms with E-state index in [2.05, 4.69) is 10.3 Å². The molecule has 1 aliphatic heterocycles. The summed E-state index contributed by atoms with van der Waals surface area (Å²) in [6, 6.07) is 0.590. The lowest BCUT2D eigenvalue weighted by molar-refractivity contribution is -0.140. The highest BCUT2D eigenvalue weighted by Crippen LogP contribution is 2.41. The van der Waals surface area contributed by atoms with Crippen molar-refractivity contribution in [2.75, 3.05) is 5.32 Å². The van der Waals surface area contributed by atoms with E-state index in [9.17, 15) is 19.2 Å². The third kappa shape index (κ3) is 5.66. The molecule has 3 rings (SSSR count). The van der Waals surface area contributed by atoms with Gasteiger partial charge in [0.15, 0.2) is 0 Å². The van der Waals surface area contributed by atoms with Gasteiger partial charge in [-0.3, -0.25) is 14.7 Å². The van der Waals surface area contributed by atoms with Crippen molar-refractivity contribution in [2.45, 2.75) is 90.5 Å². The Morgan fingerprint density at radius 2 is 1.69 bits per heavy atom. The van der Waals surface area contributed by atoms with Gasteiger partial charge in [-0.2, -0.15) is 4.98 Å². The molecule has 2 bridgehead atoms. The van der Waals surface area contributed by atoms with Crippen LogP contribution in [0.4, 0.5) is 15.4 Å². The molecule has 2 heterocycles. The zero-order valence-corrected chi connectivity index (χ0v) is 19.5. The monoisotopic (exact) mass is 448 g/mol. The van der Waals surface area contributed by atoms with Crippen molar-refractivity contribution < 1.29 is 23.9 Å². The molecule has 1 aliphatic carbocycles. The summed E-state index contributed by atoms with van der Waals surface area (Å²) < 4.78 is 12.1. The van der Waals surface area contributed by atoms with Crippen LogP contribution in [-0.4, -0.2) is 49.8 Å². The molecule has 1 saturated heterocycles. The molecule has 2 aliphatic rings. The largest absolute Gasteiger partial charge is 0.444 e. The topological polar surface area (TPSA) is 120 Å². The number of aromatic nitrogens is 2. The first-order chi connectivity index (χ1) is 14.7. The van der Waals surface area contributed by atoms with Gasteiger partial charge in [0.1, 0.15) is 17.0 Å². The highest BCUT2D eigenvalue weighted by Gasteiger charge is 2.46. The van der Waals surface area contributed by atoms with Gasteiger partial charge in [0.2, 0.25) is 5.91 Å². The second-order valence-corrected chi connectivity index (χ2v) is 10.4. The van der Waals surface area contributed by atoms with Gasteiger partial charge in [-0.15, -0.1) is 0 Å². The number of hydrogen-bond donors (Lipinski definition) is 1. The van der Waals surface area contributed by atoms with E-state index in [0.717, 1.165) is 6.42 Å². The number of amides is 3. The number of fused-ring (bicyclic) bond motifs is 2. The molecule has 0 unspecified atom stereocenters. The number of carbonyl (C=O) groups is 3. The Bertz CT molecular complexity index is 958. The summed E-state index contributed by atoms with van der Waals surface area (Å²) in [6.45, 7) is 10.4. The molecule has 0 aromatic carbocycles. The average Bonchev–Trinajstić information content (AvgIpc) is 2.59. The van der Waals surface area contributed by atoms with Gasteiger partial charge in [0.05, 0.1) is 12.1 Å². The smallest absolute Gasteiger partial charge is 0.417 e. The fourth-order valence-electron chi connectivity index (χ4n) is 4.22. The number of nitrogens with one attached hydrogen (secondary N) is 1. The van der Waals surface area contributed by atoms with Gasteiger partial charge >= 0.3 is 17.9 Å². The van der Waals surface area contributed by atoms with Gasteiger partial charge in [-0.25, -0.2) is 19.3 Å². The van der Waals surface area contributed by atoms with Crippen LogP contribution in [0.1, 0.15) is 73.3 Å². The molecule has 2 fully saturated rings. The summed E-state index contributed by atoms with van der Waals surface area (Å²) in [5.74, 6) is -0.0356. The van der Waals surface area contributed by atoms with Crippen molar-refractivity contribution in [1.29, 1.82) is 0 Å². The van der Waals surface area contributed by atoms with E-state index in [1.54, 1.807) is 41.5 Å². The van der Waals surface area contributed by atoms with Gasteiger partial charge in [-0.1, -0.05) is 0 Å². The molecular weight excluding hydrogens is 416 g/mol. The molecule has 1 aromatic rings. The maximum atomic E-state index is 12.8. The number of ether oxygens (including phenoxy) is 2. The summed E-state index contributed by atoms with van der Waals surface area (Å²) in [4.78, 5) is 55.4. The molecule has 10 heteroatoms. The first-order valence-corrected chi connectivity index (χ1v) is 10.9. The van der Waals surface area contributed by atoms with E-state index in [0.29, 0.717) is 19.3 Å². The number of likely N-dealkylation sites (tertiary alicyclic amines) is 1.